The van der Waals surface area contributed by atoms with Crippen molar-refractivity contribution in [2.24, 2.45) is 29.6 Å². The summed E-state index contributed by atoms with van der Waals surface area (Å²) in [6, 6.07) is -0.534. The number of nitrogens with zero attached hydrogens (tertiary/aromatic N) is 1. The van der Waals surface area contributed by atoms with Crippen LogP contribution in [-0.2, 0) is 14.3 Å². The molecule has 1 amide bonds. The summed E-state index contributed by atoms with van der Waals surface area (Å²) in [5.74, 6) is 4.09. The van der Waals surface area contributed by atoms with Crippen molar-refractivity contribution in [1.82, 2.24) is 4.90 Å². The van der Waals surface area contributed by atoms with Gasteiger partial charge in [0.15, 0.2) is 0 Å². The third-order valence-corrected chi connectivity index (χ3v) is 5.63. The van der Waals surface area contributed by atoms with Crippen LogP contribution in [0.25, 0.3) is 0 Å². The summed E-state index contributed by atoms with van der Waals surface area (Å²) in [6.45, 7) is 6.02. The van der Waals surface area contributed by atoms with Gasteiger partial charge in [-0.05, 0) is 57.3 Å². The molecule has 0 unspecified atom stereocenters. The van der Waals surface area contributed by atoms with Gasteiger partial charge in [0.1, 0.15) is 11.6 Å². The number of rotatable bonds is 1. The highest BCUT2D eigenvalue weighted by Crippen LogP contribution is 2.59. The molecule has 0 aromatic carbocycles. The molecule has 5 nitrogen and oxygen atoms in total. The maximum atomic E-state index is 12.6. The summed E-state index contributed by atoms with van der Waals surface area (Å²) in [4.78, 5) is 26.5. The van der Waals surface area contributed by atoms with Crippen molar-refractivity contribution in [2.45, 2.75) is 45.3 Å². The normalized spacial score (nSPS) is 38.1. The Bertz CT molecular complexity index is 558. The molecule has 23 heavy (non-hydrogen) atoms. The van der Waals surface area contributed by atoms with E-state index in [1.165, 1.54) is 7.11 Å². The number of methoxy groups -OCH3 is 1. The van der Waals surface area contributed by atoms with Crippen molar-refractivity contribution in [2.75, 3.05) is 13.7 Å². The molecule has 2 aliphatic carbocycles. The fourth-order valence-corrected chi connectivity index (χ4v) is 4.94. The zero-order valence-corrected chi connectivity index (χ0v) is 14.2. The standard InChI is InChI=1S/C18H25NO4/c1-6-10-7-11-8-12(10)13-9-19(17(21)23-18(2,3)4)15(14(11)13)16(20)22-5/h1,10-15H,7-9H2,2-5H3/t10-,11-,12-,13+,14-,15-/m0/s1. The minimum absolute atomic E-state index is 0.157. The Morgan fingerprint density at radius 1 is 1.22 bits per heavy atom. The van der Waals surface area contributed by atoms with Crippen molar-refractivity contribution < 1.29 is 19.1 Å². The van der Waals surface area contributed by atoms with Gasteiger partial charge in [-0.1, -0.05) is 0 Å². The summed E-state index contributed by atoms with van der Waals surface area (Å²) >= 11 is 0. The number of hydrogen-bond donors (Lipinski definition) is 0. The smallest absolute Gasteiger partial charge is 0.411 e. The summed E-state index contributed by atoms with van der Waals surface area (Å²) in [5, 5.41) is 0. The van der Waals surface area contributed by atoms with Crippen molar-refractivity contribution in [3.05, 3.63) is 0 Å². The highest BCUT2D eigenvalue weighted by atomic mass is 16.6. The third kappa shape index (κ3) is 2.58. The lowest BCUT2D eigenvalue weighted by atomic mass is 9.74. The third-order valence-electron chi connectivity index (χ3n) is 5.63. The Labute approximate surface area is 137 Å². The molecule has 2 bridgehead atoms. The molecule has 1 heterocycles. The SMILES string of the molecule is C#C[C@H]1C[C@H]2C[C@@H]1[C@H]1CN(C(=O)OC(C)(C)C)[C@H](C(=O)OC)[C@@H]21. The van der Waals surface area contributed by atoms with Crippen LogP contribution in [0.5, 0.6) is 0 Å². The van der Waals surface area contributed by atoms with Gasteiger partial charge in [-0.3, -0.25) is 4.90 Å². The molecule has 0 aromatic rings. The van der Waals surface area contributed by atoms with Crippen LogP contribution in [0.3, 0.4) is 0 Å². The van der Waals surface area contributed by atoms with E-state index in [0.29, 0.717) is 18.4 Å². The number of fused-ring (bicyclic) bond motifs is 5. The molecule has 3 rings (SSSR count). The molecule has 126 valence electrons. The van der Waals surface area contributed by atoms with Gasteiger partial charge in [0.2, 0.25) is 0 Å². The minimum Gasteiger partial charge on any atom is -0.467 e. The molecule has 0 radical (unpaired) electrons. The van der Waals surface area contributed by atoms with E-state index in [0.717, 1.165) is 12.8 Å². The molecular weight excluding hydrogens is 294 g/mol. The lowest BCUT2D eigenvalue weighted by molar-refractivity contribution is -0.147. The number of carbonyl (C=O) groups excluding carboxylic acids is 2. The van der Waals surface area contributed by atoms with Gasteiger partial charge >= 0.3 is 12.1 Å². The quantitative estimate of drug-likeness (QED) is 0.550. The van der Waals surface area contributed by atoms with Gasteiger partial charge in [0.05, 0.1) is 7.11 Å². The second kappa shape index (κ2) is 5.43. The molecule has 5 heteroatoms. The lowest BCUT2D eigenvalue weighted by Gasteiger charge is -2.31. The van der Waals surface area contributed by atoms with Crippen LogP contribution >= 0.6 is 0 Å². The first-order valence-electron chi connectivity index (χ1n) is 8.30. The molecule has 1 saturated heterocycles. The number of terminal acetylenes is 1. The second-order valence-electron chi connectivity index (χ2n) is 8.01. The number of amides is 1. The van der Waals surface area contributed by atoms with E-state index in [9.17, 15) is 9.59 Å². The molecule has 3 fully saturated rings. The van der Waals surface area contributed by atoms with E-state index in [4.69, 9.17) is 15.9 Å². The fraction of sp³-hybridized carbons (Fsp3) is 0.778. The summed E-state index contributed by atoms with van der Waals surface area (Å²) < 4.78 is 10.5. The predicted molar refractivity (Wildman–Crippen MR) is 84.3 cm³/mol. The monoisotopic (exact) mass is 319 g/mol. The number of ether oxygens (including phenoxy) is 2. The van der Waals surface area contributed by atoms with Crippen molar-refractivity contribution in [1.29, 1.82) is 0 Å². The van der Waals surface area contributed by atoms with Gasteiger partial charge in [0.25, 0.3) is 0 Å². The highest BCUT2D eigenvalue weighted by Gasteiger charge is 2.62. The first kappa shape index (κ1) is 16.2. The van der Waals surface area contributed by atoms with Gasteiger partial charge < -0.3 is 9.47 Å². The topological polar surface area (TPSA) is 55.8 Å². The van der Waals surface area contributed by atoms with Crippen molar-refractivity contribution >= 4 is 12.1 Å². The van der Waals surface area contributed by atoms with E-state index in [1.807, 2.05) is 20.8 Å². The van der Waals surface area contributed by atoms with E-state index in [2.05, 4.69) is 5.92 Å². The molecule has 2 saturated carbocycles. The Balaban J connectivity index is 1.86. The van der Waals surface area contributed by atoms with E-state index in [-0.39, 0.29) is 23.7 Å². The number of esters is 1. The summed E-state index contributed by atoms with van der Waals surface area (Å²) in [6.07, 6.45) is 7.25. The van der Waals surface area contributed by atoms with Gasteiger partial charge in [-0.2, -0.15) is 0 Å². The van der Waals surface area contributed by atoms with E-state index >= 15 is 0 Å². The Morgan fingerprint density at radius 3 is 2.48 bits per heavy atom. The average Bonchev–Trinajstić information content (AvgIpc) is 3.13. The lowest BCUT2D eigenvalue weighted by Crippen LogP contribution is -2.47. The average molecular weight is 319 g/mol. The number of hydrogen-bond acceptors (Lipinski definition) is 4. The zero-order chi connectivity index (χ0) is 16.9. The first-order valence-corrected chi connectivity index (χ1v) is 8.30. The van der Waals surface area contributed by atoms with Crippen LogP contribution < -0.4 is 0 Å². The predicted octanol–water partition coefficient (Wildman–Crippen LogP) is 2.30. The highest BCUT2D eigenvalue weighted by molar-refractivity contribution is 5.83. The zero-order valence-electron chi connectivity index (χ0n) is 14.2. The van der Waals surface area contributed by atoms with E-state index in [1.54, 1.807) is 4.90 Å². The maximum absolute atomic E-state index is 12.6. The van der Waals surface area contributed by atoms with Crippen LogP contribution in [0.2, 0.25) is 0 Å². The van der Waals surface area contributed by atoms with Crippen LogP contribution in [0.1, 0.15) is 33.6 Å². The molecule has 3 aliphatic rings. The molecule has 0 spiro atoms. The van der Waals surface area contributed by atoms with Crippen LogP contribution in [0.15, 0.2) is 0 Å². The van der Waals surface area contributed by atoms with Gasteiger partial charge in [-0.25, -0.2) is 9.59 Å². The van der Waals surface area contributed by atoms with Crippen LogP contribution in [-0.4, -0.2) is 42.3 Å². The van der Waals surface area contributed by atoms with Crippen molar-refractivity contribution in [3.8, 4) is 12.3 Å². The van der Waals surface area contributed by atoms with Gasteiger partial charge in [-0.15, -0.1) is 12.3 Å². The molecule has 0 aromatic heterocycles. The second-order valence-corrected chi connectivity index (χ2v) is 8.01. The molecule has 1 aliphatic heterocycles. The Kier molecular flexibility index (Phi) is 3.82. The molecule has 6 atom stereocenters. The largest absolute Gasteiger partial charge is 0.467 e. The first-order chi connectivity index (χ1) is 10.8. The summed E-state index contributed by atoms with van der Waals surface area (Å²) in [7, 11) is 1.38. The minimum atomic E-state index is -0.588. The number of carbonyl (C=O) groups is 2. The van der Waals surface area contributed by atoms with Crippen molar-refractivity contribution in [3.63, 3.8) is 0 Å². The Morgan fingerprint density at radius 2 is 1.91 bits per heavy atom. The Hall–Kier alpha value is -1.70. The number of likely N-dealkylation sites (tertiary alicyclic amines) is 1. The van der Waals surface area contributed by atoms with Crippen LogP contribution in [0.4, 0.5) is 4.79 Å². The molecular formula is C18H25NO4. The van der Waals surface area contributed by atoms with Gasteiger partial charge in [0, 0.05) is 12.5 Å². The maximum Gasteiger partial charge on any atom is 0.411 e. The summed E-state index contributed by atoms with van der Waals surface area (Å²) in [5.41, 5.74) is -0.588. The van der Waals surface area contributed by atoms with Crippen LogP contribution in [0, 0.1) is 41.9 Å². The fourth-order valence-electron chi connectivity index (χ4n) is 4.94. The van der Waals surface area contributed by atoms with E-state index < -0.39 is 17.7 Å². The molecule has 0 N–H and O–H groups in total.